The molecule has 0 N–H and O–H groups in total. The molecule has 2 aliphatic rings. The van der Waals surface area contributed by atoms with Gasteiger partial charge in [-0.15, -0.1) is 0 Å². The molecule has 0 aliphatic heterocycles. The molecule has 23 heavy (non-hydrogen) atoms. The van der Waals surface area contributed by atoms with Gasteiger partial charge in [0.1, 0.15) is 5.75 Å². The van der Waals surface area contributed by atoms with Crippen LogP contribution in [0, 0.1) is 17.8 Å². The van der Waals surface area contributed by atoms with Crippen molar-refractivity contribution in [3.8, 4) is 16.9 Å². The van der Waals surface area contributed by atoms with Crippen LogP contribution in [0.5, 0.6) is 5.75 Å². The fraction of sp³-hybridized carbons (Fsp3) is 0.286. The SMILES string of the molecule is O=C(CC1CC2C=C[C@@H]1C2)Oc1ccc(-c2ccccc2)cc1. The highest BCUT2D eigenvalue weighted by Gasteiger charge is 2.36. The Morgan fingerprint density at radius 3 is 2.30 bits per heavy atom. The van der Waals surface area contributed by atoms with Crippen molar-refractivity contribution >= 4 is 5.97 Å². The average Bonchev–Trinajstić information content (AvgIpc) is 3.19. The molecule has 2 aliphatic carbocycles. The molecule has 1 saturated carbocycles. The van der Waals surface area contributed by atoms with Gasteiger partial charge in [-0.2, -0.15) is 0 Å². The summed E-state index contributed by atoms with van der Waals surface area (Å²) in [6.45, 7) is 0. The molecule has 2 heteroatoms. The monoisotopic (exact) mass is 304 g/mol. The maximum atomic E-state index is 12.2. The summed E-state index contributed by atoms with van der Waals surface area (Å²) in [5, 5.41) is 0. The molecule has 0 amide bonds. The van der Waals surface area contributed by atoms with Gasteiger partial charge in [-0.25, -0.2) is 0 Å². The lowest BCUT2D eigenvalue weighted by Crippen LogP contribution is -2.17. The number of fused-ring (bicyclic) bond motifs is 2. The van der Waals surface area contributed by atoms with E-state index in [1.165, 1.54) is 12.0 Å². The van der Waals surface area contributed by atoms with E-state index in [-0.39, 0.29) is 5.97 Å². The van der Waals surface area contributed by atoms with Gasteiger partial charge in [-0.3, -0.25) is 4.79 Å². The van der Waals surface area contributed by atoms with Crippen molar-refractivity contribution < 1.29 is 9.53 Å². The first kappa shape index (κ1) is 14.3. The second-order valence-corrected chi connectivity index (χ2v) is 6.61. The maximum Gasteiger partial charge on any atom is 0.311 e. The van der Waals surface area contributed by atoms with Gasteiger partial charge >= 0.3 is 5.97 Å². The van der Waals surface area contributed by atoms with Crippen molar-refractivity contribution in [3.05, 3.63) is 66.7 Å². The molecule has 4 rings (SSSR count). The number of benzene rings is 2. The second-order valence-electron chi connectivity index (χ2n) is 6.61. The summed E-state index contributed by atoms with van der Waals surface area (Å²) in [7, 11) is 0. The van der Waals surface area contributed by atoms with Crippen LogP contribution in [0.25, 0.3) is 11.1 Å². The van der Waals surface area contributed by atoms with Crippen molar-refractivity contribution in [1.29, 1.82) is 0 Å². The minimum absolute atomic E-state index is 0.108. The van der Waals surface area contributed by atoms with Gasteiger partial charge in [-0.1, -0.05) is 54.6 Å². The standard InChI is InChI=1S/C21H20O2/c22-21(14-19-13-15-6-7-18(19)12-15)23-20-10-8-17(9-11-20)16-4-2-1-3-5-16/h1-11,15,18-19H,12-14H2/t15?,18-,19?/m1/s1. The number of allylic oxidation sites excluding steroid dienone is 2. The van der Waals surface area contributed by atoms with E-state index < -0.39 is 0 Å². The van der Waals surface area contributed by atoms with Gasteiger partial charge in [0.15, 0.2) is 0 Å². The van der Waals surface area contributed by atoms with Crippen LogP contribution in [0.3, 0.4) is 0 Å². The topological polar surface area (TPSA) is 26.3 Å². The van der Waals surface area contributed by atoms with E-state index in [1.807, 2.05) is 42.5 Å². The van der Waals surface area contributed by atoms with Crippen molar-refractivity contribution in [3.63, 3.8) is 0 Å². The van der Waals surface area contributed by atoms with Crippen molar-refractivity contribution in [2.45, 2.75) is 19.3 Å². The highest BCUT2D eigenvalue weighted by molar-refractivity contribution is 5.73. The maximum absolute atomic E-state index is 12.2. The average molecular weight is 304 g/mol. The molecule has 0 spiro atoms. The largest absolute Gasteiger partial charge is 0.427 e. The first-order valence-electron chi connectivity index (χ1n) is 8.32. The zero-order chi connectivity index (χ0) is 15.6. The summed E-state index contributed by atoms with van der Waals surface area (Å²) >= 11 is 0. The van der Waals surface area contributed by atoms with Crippen molar-refractivity contribution in [2.75, 3.05) is 0 Å². The number of esters is 1. The smallest absolute Gasteiger partial charge is 0.311 e. The van der Waals surface area contributed by atoms with E-state index in [2.05, 4.69) is 24.3 Å². The van der Waals surface area contributed by atoms with E-state index in [0.29, 0.717) is 29.9 Å². The first-order valence-corrected chi connectivity index (χ1v) is 8.32. The Hall–Kier alpha value is -2.35. The normalized spacial score (nSPS) is 24.8. The third kappa shape index (κ3) is 3.07. The van der Waals surface area contributed by atoms with E-state index in [4.69, 9.17) is 4.74 Å². The molecule has 0 radical (unpaired) electrons. The minimum atomic E-state index is -0.108. The van der Waals surface area contributed by atoms with Gasteiger partial charge in [0, 0.05) is 6.42 Å². The summed E-state index contributed by atoms with van der Waals surface area (Å²) in [5.74, 6) is 2.29. The Bertz CT molecular complexity index is 715. The summed E-state index contributed by atoms with van der Waals surface area (Å²) in [6, 6.07) is 17.9. The van der Waals surface area contributed by atoms with Gasteiger partial charge in [-0.05, 0) is 53.9 Å². The highest BCUT2D eigenvalue weighted by Crippen LogP contribution is 2.45. The second kappa shape index (κ2) is 6.04. The molecule has 2 aromatic rings. The van der Waals surface area contributed by atoms with Crippen molar-refractivity contribution in [1.82, 2.24) is 0 Å². The quantitative estimate of drug-likeness (QED) is 0.458. The van der Waals surface area contributed by atoms with Crippen LogP contribution in [-0.4, -0.2) is 5.97 Å². The molecular weight excluding hydrogens is 284 g/mol. The number of ether oxygens (including phenoxy) is 1. The zero-order valence-electron chi connectivity index (χ0n) is 13.0. The molecule has 2 aromatic carbocycles. The Morgan fingerprint density at radius 1 is 0.913 bits per heavy atom. The number of rotatable bonds is 4. The third-order valence-corrected chi connectivity index (χ3v) is 5.04. The van der Waals surface area contributed by atoms with E-state index in [1.54, 1.807) is 0 Å². The molecule has 1 fully saturated rings. The molecule has 116 valence electrons. The molecule has 2 bridgehead atoms. The van der Waals surface area contributed by atoms with Crippen molar-refractivity contribution in [2.24, 2.45) is 17.8 Å². The summed E-state index contributed by atoms with van der Waals surface area (Å²) in [5.41, 5.74) is 2.29. The van der Waals surface area contributed by atoms with Crippen LogP contribution >= 0.6 is 0 Å². The molecule has 3 atom stereocenters. The third-order valence-electron chi connectivity index (χ3n) is 5.04. The van der Waals surface area contributed by atoms with Gasteiger partial charge in [0.05, 0.1) is 0 Å². The lowest BCUT2D eigenvalue weighted by molar-refractivity contribution is -0.135. The predicted molar refractivity (Wildman–Crippen MR) is 91.0 cm³/mol. The predicted octanol–water partition coefficient (Wildman–Crippen LogP) is 4.86. The van der Waals surface area contributed by atoms with Gasteiger partial charge in [0.2, 0.25) is 0 Å². The zero-order valence-corrected chi connectivity index (χ0v) is 13.0. The number of hydrogen-bond acceptors (Lipinski definition) is 2. The molecular formula is C21H20O2. The Kier molecular flexibility index (Phi) is 3.74. The molecule has 0 aromatic heterocycles. The van der Waals surface area contributed by atoms with Crippen LogP contribution in [0.4, 0.5) is 0 Å². The van der Waals surface area contributed by atoms with Crippen LogP contribution in [0.15, 0.2) is 66.7 Å². The molecule has 0 saturated heterocycles. The fourth-order valence-corrected chi connectivity index (χ4v) is 3.86. The van der Waals surface area contributed by atoms with E-state index in [0.717, 1.165) is 12.0 Å². The molecule has 2 nitrogen and oxygen atoms in total. The van der Waals surface area contributed by atoms with Crippen LogP contribution < -0.4 is 4.74 Å². The summed E-state index contributed by atoms with van der Waals surface area (Å²) < 4.78 is 5.51. The van der Waals surface area contributed by atoms with Crippen LogP contribution in [0.1, 0.15) is 19.3 Å². The van der Waals surface area contributed by atoms with E-state index >= 15 is 0 Å². The minimum Gasteiger partial charge on any atom is -0.427 e. The number of hydrogen-bond donors (Lipinski definition) is 0. The van der Waals surface area contributed by atoms with Gasteiger partial charge in [0.25, 0.3) is 0 Å². The van der Waals surface area contributed by atoms with Gasteiger partial charge < -0.3 is 4.74 Å². The number of carbonyl (C=O) groups excluding carboxylic acids is 1. The summed E-state index contributed by atoms with van der Waals surface area (Å²) in [6.07, 6.45) is 7.48. The Balaban J connectivity index is 1.37. The molecule has 2 unspecified atom stereocenters. The lowest BCUT2D eigenvalue weighted by atomic mass is 9.91. The summed E-state index contributed by atoms with van der Waals surface area (Å²) in [4.78, 5) is 12.2. The van der Waals surface area contributed by atoms with E-state index in [9.17, 15) is 4.79 Å². The molecule has 0 heterocycles. The Morgan fingerprint density at radius 2 is 1.65 bits per heavy atom. The fourth-order valence-electron chi connectivity index (χ4n) is 3.86. The number of carbonyl (C=O) groups is 1. The lowest BCUT2D eigenvalue weighted by Gasteiger charge is -2.16. The first-order chi connectivity index (χ1) is 11.3. The Labute approximate surface area is 136 Å². The van der Waals surface area contributed by atoms with Crippen LogP contribution in [-0.2, 0) is 4.79 Å². The van der Waals surface area contributed by atoms with Crippen LogP contribution in [0.2, 0.25) is 0 Å². The highest BCUT2D eigenvalue weighted by atomic mass is 16.5.